The fourth-order valence-electron chi connectivity index (χ4n) is 6.33. The van der Waals surface area contributed by atoms with Gasteiger partial charge in [-0.15, -0.1) is 0 Å². The number of hydrogen-bond donors (Lipinski definition) is 4. The van der Waals surface area contributed by atoms with Crippen LogP contribution in [0.1, 0.15) is 78.1 Å². The average Bonchev–Trinajstić information content (AvgIpc) is 2.80. The molecule has 3 saturated carbocycles. The van der Waals surface area contributed by atoms with Gasteiger partial charge >= 0.3 is 11.9 Å². The number of aliphatic carboxylic acids is 2. The van der Waals surface area contributed by atoms with Crippen LogP contribution in [0, 0.1) is 47.3 Å². The molecule has 6 atom stereocenters. The van der Waals surface area contributed by atoms with Gasteiger partial charge in [0.2, 0.25) is 5.91 Å². The third kappa shape index (κ3) is 7.67. The van der Waals surface area contributed by atoms with E-state index >= 15 is 0 Å². The molecule has 8 nitrogen and oxygen atoms in total. The molecule has 3 aliphatic rings. The van der Waals surface area contributed by atoms with Crippen molar-refractivity contribution in [2.75, 3.05) is 19.7 Å². The summed E-state index contributed by atoms with van der Waals surface area (Å²) < 4.78 is 0. The number of rotatable bonds is 10. The van der Waals surface area contributed by atoms with Crippen LogP contribution in [-0.4, -0.2) is 47.8 Å². The lowest BCUT2D eigenvalue weighted by atomic mass is 9.74. The van der Waals surface area contributed by atoms with Gasteiger partial charge in [0, 0.05) is 13.1 Å². The van der Waals surface area contributed by atoms with Crippen LogP contribution < -0.4 is 10.8 Å². The predicted molar refractivity (Wildman–Crippen MR) is 128 cm³/mol. The van der Waals surface area contributed by atoms with E-state index in [1.165, 1.54) is 0 Å². The van der Waals surface area contributed by atoms with Crippen LogP contribution in [-0.2, 0) is 19.2 Å². The van der Waals surface area contributed by atoms with Crippen LogP contribution in [0.15, 0.2) is 0 Å². The first-order valence-electron chi connectivity index (χ1n) is 13.3. The van der Waals surface area contributed by atoms with E-state index in [1.54, 1.807) is 0 Å². The second-order valence-electron chi connectivity index (χ2n) is 11.4. The Kier molecular flexibility index (Phi) is 10.2. The van der Waals surface area contributed by atoms with Gasteiger partial charge in [-0.1, -0.05) is 13.8 Å². The lowest BCUT2D eigenvalue weighted by molar-refractivity contribution is -0.149. The van der Waals surface area contributed by atoms with Crippen molar-refractivity contribution in [3.05, 3.63) is 0 Å². The first kappa shape index (κ1) is 26.9. The molecule has 3 fully saturated rings. The molecule has 4 N–H and O–H groups in total. The Bertz CT molecular complexity index is 693. The smallest absolute Gasteiger partial charge is 0.307 e. The summed E-state index contributed by atoms with van der Waals surface area (Å²) in [6, 6.07) is 0. The minimum Gasteiger partial charge on any atom is -0.481 e. The third-order valence-electron chi connectivity index (χ3n) is 8.63. The summed E-state index contributed by atoms with van der Waals surface area (Å²) in [5, 5.41) is 22.0. The largest absolute Gasteiger partial charge is 0.481 e. The Labute approximate surface area is 203 Å². The fraction of sp³-hybridized carbons (Fsp3) is 0.885. The lowest BCUT2D eigenvalue weighted by Gasteiger charge is -2.33. The quantitative estimate of drug-likeness (QED) is 0.277. The van der Waals surface area contributed by atoms with E-state index in [9.17, 15) is 24.6 Å². The molecule has 0 aliphatic heterocycles. The zero-order chi connectivity index (χ0) is 24.7. The van der Waals surface area contributed by atoms with Crippen molar-refractivity contribution in [3.8, 4) is 0 Å². The molecule has 0 aromatic carbocycles. The minimum atomic E-state index is -0.848. The number of amides is 1. The van der Waals surface area contributed by atoms with Crippen LogP contribution in [0.25, 0.3) is 0 Å². The van der Waals surface area contributed by atoms with Crippen LogP contribution in [0.4, 0.5) is 0 Å². The summed E-state index contributed by atoms with van der Waals surface area (Å²) in [5.74, 6) is -0.938. The number of hydroxylamine groups is 1. The summed E-state index contributed by atoms with van der Waals surface area (Å²) in [4.78, 5) is 41.5. The molecule has 34 heavy (non-hydrogen) atoms. The maximum atomic E-state index is 12.7. The van der Waals surface area contributed by atoms with Crippen molar-refractivity contribution < 1.29 is 29.4 Å². The molecule has 0 aromatic heterocycles. The average molecular weight is 481 g/mol. The molecule has 0 heterocycles. The Hall–Kier alpha value is -1.67. The lowest BCUT2D eigenvalue weighted by Crippen LogP contribution is -2.43. The number of hydrogen-bond acceptors (Lipinski definition) is 5. The molecule has 6 unspecified atom stereocenters. The van der Waals surface area contributed by atoms with Crippen molar-refractivity contribution in [3.63, 3.8) is 0 Å². The summed E-state index contributed by atoms with van der Waals surface area (Å²) >= 11 is 0. The maximum absolute atomic E-state index is 12.7. The summed E-state index contributed by atoms with van der Waals surface area (Å²) in [5.41, 5.74) is 3.09. The van der Waals surface area contributed by atoms with Crippen molar-refractivity contribution in [2.24, 2.45) is 47.3 Å². The van der Waals surface area contributed by atoms with Gasteiger partial charge in [-0.3, -0.25) is 14.4 Å². The van der Waals surface area contributed by atoms with Crippen LogP contribution in [0.2, 0.25) is 0 Å². The van der Waals surface area contributed by atoms with Gasteiger partial charge < -0.3 is 20.4 Å². The Morgan fingerprint density at radius 3 is 1.91 bits per heavy atom. The maximum Gasteiger partial charge on any atom is 0.307 e. The molecule has 8 heteroatoms. The van der Waals surface area contributed by atoms with Crippen LogP contribution in [0.3, 0.4) is 0 Å². The highest BCUT2D eigenvalue weighted by Gasteiger charge is 2.38. The van der Waals surface area contributed by atoms with Crippen molar-refractivity contribution in [1.29, 1.82) is 0 Å². The molecular weight excluding hydrogens is 436 g/mol. The first-order valence-corrected chi connectivity index (χ1v) is 13.3. The highest BCUT2D eigenvalue weighted by atomic mass is 16.6. The van der Waals surface area contributed by atoms with Gasteiger partial charge in [0.05, 0.1) is 24.4 Å². The molecule has 0 spiro atoms. The Morgan fingerprint density at radius 1 is 0.735 bits per heavy atom. The zero-order valence-electron chi connectivity index (χ0n) is 20.8. The van der Waals surface area contributed by atoms with Crippen LogP contribution in [0.5, 0.6) is 0 Å². The second kappa shape index (κ2) is 12.9. The molecule has 1 amide bonds. The molecule has 3 aliphatic carbocycles. The van der Waals surface area contributed by atoms with E-state index in [0.717, 1.165) is 57.9 Å². The molecule has 0 bridgehead atoms. The third-order valence-corrected chi connectivity index (χ3v) is 8.63. The SMILES string of the molecule is CC1CCC(C(=O)O)C(CONCC2CCC(CNC(=O)C3CC(C)CCC3C(=O)O)CC2)C1. The van der Waals surface area contributed by atoms with Gasteiger partial charge in [-0.25, -0.2) is 5.48 Å². The van der Waals surface area contributed by atoms with Crippen LogP contribution >= 0.6 is 0 Å². The van der Waals surface area contributed by atoms with E-state index in [1.807, 2.05) is 0 Å². The highest BCUT2D eigenvalue weighted by Crippen LogP contribution is 2.35. The van der Waals surface area contributed by atoms with Gasteiger partial charge in [-0.05, 0) is 93.8 Å². The number of carbonyl (C=O) groups excluding carboxylic acids is 1. The molecule has 194 valence electrons. The van der Waals surface area contributed by atoms with E-state index in [-0.39, 0.29) is 17.7 Å². The highest BCUT2D eigenvalue weighted by molar-refractivity contribution is 5.84. The monoisotopic (exact) mass is 480 g/mol. The van der Waals surface area contributed by atoms with E-state index < -0.39 is 23.8 Å². The number of carboxylic acid groups (broad SMARTS) is 2. The fourth-order valence-corrected chi connectivity index (χ4v) is 6.33. The molecule has 0 radical (unpaired) electrons. The van der Waals surface area contributed by atoms with Crippen molar-refractivity contribution in [2.45, 2.75) is 78.1 Å². The molecular formula is C26H44N2O6. The summed E-state index contributed by atoms with van der Waals surface area (Å²) in [7, 11) is 0. The Morgan fingerprint density at radius 2 is 1.29 bits per heavy atom. The standard InChI is InChI=1S/C26H44N2O6/c1-16-3-9-21(25(30)31)20(11-16)15-34-28-14-19-7-5-18(6-8-19)13-27-24(29)23-12-17(2)4-10-22(23)26(32)33/h16-23,28H,3-15H2,1-2H3,(H,27,29)(H,30,31)(H,32,33). The van der Waals surface area contributed by atoms with Crippen molar-refractivity contribution in [1.82, 2.24) is 10.8 Å². The minimum absolute atomic E-state index is 0.0703. The molecule has 0 saturated heterocycles. The predicted octanol–water partition coefficient (Wildman–Crippen LogP) is 3.70. The topological polar surface area (TPSA) is 125 Å². The number of nitrogens with one attached hydrogen (secondary N) is 2. The van der Waals surface area contributed by atoms with E-state index in [2.05, 4.69) is 24.6 Å². The van der Waals surface area contributed by atoms with E-state index in [0.29, 0.717) is 49.7 Å². The summed E-state index contributed by atoms with van der Waals surface area (Å²) in [6.07, 6.45) is 8.95. The zero-order valence-corrected chi connectivity index (χ0v) is 20.8. The summed E-state index contributed by atoms with van der Waals surface area (Å²) in [6.45, 7) is 6.11. The molecule has 0 aromatic rings. The van der Waals surface area contributed by atoms with Gasteiger partial charge in [0.25, 0.3) is 0 Å². The van der Waals surface area contributed by atoms with Gasteiger partial charge in [-0.2, -0.15) is 0 Å². The normalized spacial score (nSPS) is 36.5. The van der Waals surface area contributed by atoms with Crippen molar-refractivity contribution >= 4 is 17.8 Å². The molecule has 3 rings (SSSR count). The van der Waals surface area contributed by atoms with E-state index in [4.69, 9.17) is 4.84 Å². The second-order valence-corrected chi connectivity index (χ2v) is 11.4. The Balaban J connectivity index is 1.31. The number of carbonyl (C=O) groups is 3. The van der Waals surface area contributed by atoms with Gasteiger partial charge in [0.15, 0.2) is 0 Å². The van der Waals surface area contributed by atoms with Gasteiger partial charge in [0.1, 0.15) is 0 Å². The first-order chi connectivity index (χ1) is 16.2. The number of carboxylic acids is 2.